The van der Waals surface area contributed by atoms with Crippen LogP contribution in [0.4, 0.5) is 0 Å². The van der Waals surface area contributed by atoms with Crippen molar-refractivity contribution in [1.29, 1.82) is 0 Å². The summed E-state index contributed by atoms with van der Waals surface area (Å²) in [5.74, 6) is -0.497. The highest BCUT2D eigenvalue weighted by Gasteiger charge is 2.13. The standard InChI is InChI=1S/C12H26O6S2/c1-11(9-19(13,14)15)7-5-3-4-6-8-12(2)10-20(16,17)18/h11-12H,3-10H2,1-2H3,(H,13,14,15)(H,16,17,18). The van der Waals surface area contributed by atoms with Crippen LogP contribution in [0.25, 0.3) is 0 Å². The van der Waals surface area contributed by atoms with E-state index in [4.69, 9.17) is 9.11 Å². The van der Waals surface area contributed by atoms with Gasteiger partial charge in [-0.05, 0) is 24.7 Å². The van der Waals surface area contributed by atoms with E-state index in [-0.39, 0.29) is 23.3 Å². The van der Waals surface area contributed by atoms with Crippen molar-refractivity contribution in [1.82, 2.24) is 0 Å². The minimum atomic E-state index is -3.88. The number of hydrogen-bond donors (Lipinski definition) is 2. The highest BCUT2D eigenvalue weighted by Crippen LogP contribution is 2.15. The molecule has 0 aliphatic heterocycles. The van der Waals surface area contributed by atoms with Crippen LogP contribution in [-0.4, -0.2) is 37.4 Å². The van der Waals surface area contributed by atoms with Crippen LogP contribution in [0.1, 0.15) is 52.4 Å². The fourth-order valence-corrected chi connectivity index (χ4v) is 4.00. The molecule has 0 aromatic heterocycles. The van der Waals surface area contributed by atoms with Crippen molar-refractivity contribution in [3.8, 4) is 0 Å². The lowest BCUT2D eigenvalue weighted by molar-refractivity contribution is 0.443. The van der Waals surface area contributed by atoms with Gasteiger partial charge in [-0.25, -0.2) is 0 Å². The van der Waals surface area contributed by atoms with Gasteiger partial charge in [0.15, 0.2) is 0 Å². The molecule has 8 heteroatoms. The largest absolute Gasteiger partial charge is 0.286 e. The fourth-order valence-electron chi connectivity index (χ4n) is 2.22. The maximum Gasteiger partial charge on any atom is 0.265 e. The van der Waals surface area contributed by atoms with Gasteiger partial charge in [0.05, 0.1) is 11.5 Å². The lowest BCUT2D eigenvalue weighted by Gasteiger charge is -2.10. The molecule has 2 atom stereocenters. The Balaban J connectivity index is 3.59. The predicted octanol–water partition coefficient (Wildman–Crippen LogP) is 2.37. The zero-order valence-electron chi connectivity index (χ0n) is 12.2. The first-order chi connectivity index (χ1) is 8.99. The Kier molecular flexibility index (Phi) is 8.88. The Morgan fingerprint density at radius 3 is 1.25 bits per heavy atom. The first-order valence-corrected chi connectivity index (χ1v) is 10.1. The zero-order chi connectivity index (χ0) is 15.8. The molecule has 6 nitrogen and oxygen atoms in total. The van der Waals surface area contributed by atoms with E-state index in [2.05, 4.69) is 0 Å². The summed E-state index contributed by atoms with van der Waals surface area (Å²) in [4.78, 5) is 0. The molecule has 0 spiro atoms. The molecular formula is C12H26O6S2. The van der Waals surface area contributed by atoms with E-state index in [0.717, 1.165) is 38.5 Å². The Morgan fingerprint density at radius 2 is 1.00 bits per heavy atom. The molecule has 2 unspecified atom stereocenters. The van der Waals surface area contributed by atoms with Crippen molar-refractivity contribution in [2.24, 2.45) is 11.8 Å². The van der Waals surface area contributed by atoms with Crippen LogP contribution in [0.3, 0.4) is 0 Å². The lowest BCUT2D eigenvalue weighted by Crippen LogP contribution is -2.13. The monoisotopic (exact) mass is 330 g/mol. The van der Waals surface area contributed by atoms with E-state index < -0.39 is 20.2 Å². The fraction of sp³-hybridized carbons (Fsp3) is 1.00. The molecule has 0 bridgehead atoms. The average molecular weight is 330 g/mol. The SMILES string of the molecule is CC(CCCCCCC(C)CS(=O)(=O)O)CS(=O)(=O)O. The van der Waals surface area contributed by atoms with E-state index in [1.165, 1.54) is 0 Å². The van der Waals surface area contributed by atoms with Gasteiger partial charge in [-0.15, -0.1) is 0 Å². The maximum absolute atomic E-state index is 10.7. The van der Waals surface area contributed by atoms with Crippen LogP contribution in [0.5, 0.6) is 0 Å². The maximum atomic E-state index is 10.7. The highest BCUT2D eigenvalue weighted by atomic mass is 32.2. The van der Waals surface area contributed by atoms with Crippen LogP contribution >= 0.6 is 0 Å². The van der Waals surface area contributed by atoms with Gasteiger partial charge in [-0.2, -0.15) is 16.8 Å². The average Bonchev–Trinajstić information content (AvgIpc) is 2.17. The first kappa shape index (κ1) is 19.8. The smallest absolute Gasteiger partial charge is 0.265 e. The third kappa shape index (κ3) is 14.2. The molecule has 20 heavy (non-hydrogen) atoms. The molecule has 0 aromatic carbocycles. The summed E-state index contributed by atoms with van der Waals surface area (Å²) >= 11 is 0. The second kappa shape index (κ2) is 8.96. The van der Waals surface area contributed by atoms with Gasteiger partial charge >= 0.3 is 0 Å². The third-order valence-corrected chi connectivity index (χ3v) is 5.11. The molecule has 0 saturated carbocycles. The van der Waals surface area contributed by atoms with Gasteiger partial charge in [0, 0.05) is 0 Å². The molecule has 2 N–H and O–H groups in total. The summed E-state index contributed by atoms with van der Waals surface area (Å²) in [7, 11) is -7.76. The van der Waals surface area contributed by atoms with Crippen molar-refractivity contribution in [3.63, 3.8) is 0 Å². The van der Waals surface area contributed by atoms with E-state index in [9.17, 15) is 16.8 Å². The Morgan fingerprint density at radius 1 is 0.700 bits per heavy atom. The lowest BCUT2D eigenvalue weighted by atomic mass is 10.0. The van der Waals surface area contributed by atoms with Crippen molar-refractivity contribution in [2.45, 2.75) is 52.4 Å². The van der Waals surface area contributed by atoms with Crippen molar-refractivity contribution < 1.29 is 25.9 Å². The van der Waals surface area contributed by atoms with Crippen LogP contribution in [-0.2, 0) is 20.2 Å². The van der Waals surface area contributed by atoms with E-state index in [1.807, 2.05) is 0 Å². The molecule has 0 aliphatic carbocycles. The van der Waals surface area contributed by atoms with Gasteiger partial charge in [-0.3, -0.25) is 9.11 Å². The van der Waals surface area contributed by atoms with E-state index >= 15 is 0 Å². The number of rotatable bonds is 11. The predicted molar refractivity (Wildman–Crippen MR) is 78.9 cm³/mol. The summed E-state index contributed by atoms with van der Waals surface area (Å²) in [5.41, 5.74) is 0. The molecule has 122 valence electrons. The van der Waals surface area contributed by atoms with Crippen molar-refractivity contribution in [3.05, 3.63) is 0 Å². The number of unbranched alkanes of at least 4 members (excludes halogenated alkanes) is 3. The normalized spacial score (nSPS) is 16.0. The van der Waals surface area contributed by atoms with Crippen molar-refractivity contribution >= 4 is 20.2 Å². The van der Waals surface area contributed by atoms with Crippen LogP contribution in [0.15, 0.2) is 0 Å². The summed E-state index contributed by atoms with van der Waals surface area (Å²) < 4.78 is 60.0. The topological polar surface area (TPSA) is 109 Å². The molecule has 0 radical (unpaired) electrons. The first-order valence-electron chi connectivity index (χ1n) is 6.90. The van der Waals surface area contributed by atoms with Gasteiger partial charge in [0.1, 0.15) is 0 Å². The van der Waals surface area contributed by atoms with E-state index in [1.54, 1.807) is 13.8 Å². The van der Waals surface area contributed by atoms with Gasteiger partial charge in [0.25, 0.3) is 20.2 Å². The Hall–Kier alpha value is -0.180. The summed E-state index contributed by atoms with van der Waals surface area (Å²) in [6.45, 7) is 3.59. The third-order valence-electron chi connectivity index (χ3n) is 3.13. The minimum Gasteiger partial charge on any atom is -0.286 e. The molecule has 0 rings (SSSR count). The number of hydrogen-bond acceptors (Lipinski definition) is 4. The van der Waals surface area contributed by atoms with E-state index in [0.29, 0.717) is 0 Å². The van der Waals surface area contributed by atoms with Crippen LogP contribution in [0.2, 0.25) is 0 Å². The second-order valence-corrected chi connectivity index (χ2v) is 8.69. The molecular weight excluding hydrogens is 304 g/mol. The summed E-state index contributed by atoms with van der Waals surface area (Å²) in [6, 6.07) is 0. The second-order valence-electron chi connectivity index (χ2n) is 5.70. The van der Waals surface area contributed by atoms with Gasteiger partial charge < -0.3 is 0 Å². The van der Waals surface area contributed by atoms with Crippen molar-refractivity contribution in [2.75, 3.05) is 11.5 Å². The summed E-state index contributed by atoms with van der Waals surface area (Å²) in [5, 5.41) is 0. The quantitative estimate of drug-likeness (QED) is 0.445. The molecule has 0 heterocycles. The highest BCUT2D eigenvalue weighted by molar-refractivity contribution is 7.86. The van der Waals surface area contributed by atoms with Gasteiger partial charge in [0.2, 0.25) is 0 Å². The molecule has 0 saturated heterocycles. The van der Waals surface area contributed by atoms with Gasteiger partial charge in [-0.1, -0.05) is 39.5 Å². The minimum absolute atomic E-state index is 0.0524. The molecule has 0 amide bonds. The molecule has 0 aromatic rings. The molecule has 0 fully saturated rings. The summed E-state index contributed by atoms with van der Waals surface area (Å²) in [6.07, 6.45) is 5.19. The van der Waals surface area contributed by atoms with Crippen LogP contribution in [0, 0.1) is 11.8 Å². The van der Waals surface area contributed by atoms with Crippen LogP contribution < -0.4 is 0 Å². The molecule has 0 aliphatic rings. The Bertz CT molecular complexity index is 410. The Labute approximate surface area is 122 Å². The zero-order valence-corrected chi connectivity index (χ0v) is 13.8.